The molecule has 0 saturated heterocycles. The normalized spacial score (nSPS) is 18.1. The lowest BCUT2D eigenvalue weighted by Gasteiger charge is -2.31. The summed E-state index contributed by atoms with van der Waals surface area (Å²) in [6.45, 7) is 7.44. The summed E-state index contributed by atoms with van der Waals surface area (Å²) in [5, 5.41) is 13.9. The van der Waals surface area contributed by atoms with Crippen molar-refractivity contribution in [1.82, 2.24) is 9.97 Å². The van der Waals surface area contributed by atoms with Gasteiger partial charge in [-0.1, -0.05) is 37.5 Å². The van der Waals surface area contributed by atoms with E-state index < -0.39 is 5.60 Å². The first-order chi connectivity index (χ1) is 13.4. The predicted octanol–water partition coefficient (Wildman–Crippen LogP) is 4.32. The third kappa shape index (κ3) is 4.30. The molecule has 2 aromatic rings. The van der Waals surface area contributed by atoms with Crippen LogP contribution in [0.1, 0.15) is 68.5 Å². The highest BCUT2D eigenvalue weighted by Crippen LogP contribution is 2.29. The van der Waals surface area contributed by atoms with Crippen molar-refractivity contribution in [3.8, 4) is 0 Å². The Bertz CT molecular complexity index is 837. The summed E-state index contributed by atoms with van der Waals surface area (Å²) in [7, 11) is 0. The number of fused-ring (bicyclic) bond motifs is 1. The molecule has 4 rings (SSSR count). The van der Waals surface area contributed by atoms with Gasteiger partial charge in [-0.25, -0.2) is 9.97 Å². The molecule has 0 amide bonds. The Balaban J connectivity index is 1.52. The van der Waals surface area contributed by atoms with Gasteiger partial charge in [0.15, 0.2) is 0 Å². The summed E-state index contributed by atoms with van der Waals surface area (Å²) in [5.41, 5.74) is 2.84. The number of hydrogen-bond acceptors (Lipinski definition) is 5. The van der Waals surface area contributed by atoms with Crippen LogP contribution in [0.15, 0.2) is 24.3 Å². The van der Waals surface area contributed by atoms with Gasteiger partial charge in [0.05, 0.1) is 5.60 Å². The van der Waals surface area contributed by atoms with Gasteiger partial charge in [-0.3, -0.25) is 0 Å². The van der Waals surface area contributed by atoms with Crippen LogP contribution in [0.5, 0.6) is 0 Å². The minimum Gasteiger partial charge on any atom is -0.386 e. The van der Waals surface area contributed by atoms with Crippen LogP contribution in [0.3, 0.4) is 0 Å². The Morgan fingerprint density at radius 2 is 1.86 bits per heavy atom. The summed E-state index contributed by atoms with van der Waals surface area (Å²) < 4.78 is 0. The molecule has 150 valence electrons. The van der Waals surface area contributed by atoms with Gasteiger partial charge in [0.25, 0.3) is 0 Å². The molecule has 1 fully saturated rings. The molecule has 0 bridgehead atoms. The average molecular weight is 381 g/mol. The lowest BCUT2D eigenvalue weighted by molar-refractivity contribution is 0.0785. The van der Waals surface area contributed by atoms with E-state index in [1.165, 1.54) is 43.2 Å². The maximum atomic E-state index is 10.3. The predicted molar refractivity (Wildman–Crippen MR) is 114 cm³/mol. The van der Waals surface area contributed by atoms with Gasteiger partial charge in [-0.15, -0.1) is 0 Å². The number of nitrogens with zero attached hydrogens (tertiary/aromatic N) is 3. The van der Waals surface area contributed by atoms with Crippen molar-refractivity contribution in [2.75, 3.05) is 16.8 Å². The molecule has 0 spiro atoms. The number of rotatable bonds is 4. The number of aliphatic hydroxyl groups is 1. The standard InChI is InChI=1S/C23H32N4O/c1-16-24-21(26-20-7-5-4-6-8-20)14-22(25-16)27-12-11-17-13-19(23(2,3)28)10-9-18(17)15-27/h9-10,13-14,20,28H,4-8,11-12,15H2,1-3H3,(H,24,25,26). The maximum absolute atomic E-state index is 10.3. The first-order valence-electron chi connectivity index (χ1n) is 10.6. The first-order valence-corrected chi connectivity index (χ1v) is 10.6. The number of benzene rings is 1. The molecule has 5 nitrogen and oxygen atoms in total. The molecule has 0 unspecified atom stereocenters. The van der Waals surface area contributed by atoms with E-state index in [0.29, 0.717) is 6.04 Å². The Morgan fingerprint density at radius 3 is 2.61 bits per heavy atom. The van der Waals surface area contributed by atoms with E-state index in [4.69, 9.17) is 4.98 Å². The van der Waals surface area contributed by atoms with E-state index in [1.807, 2.05) is 26.8 Å². The van der Waals surface area contributed by atoms with Crippen molar-refractivity contribution in [3.05, 3.63) is 46.8 Å². The number of nitrogens with one attached hydrogen (secondary N) is 1. The topological polar surface area (TPSA) is 61.3 Å². The van der Waals surface area contributed by atoms with Crippen LogP contribution in [0, 0.1) is 6.92 Å². The molecule has 1 aliphatic carbocycles. The van der Waals surface area contributed by atoms with Crippen LogP contribution >= 0.6 is 0 Å². The van der Waals surface area contributed by atoms with E-state index >= 15 is 0 Å². The second kappa shape index (κ2) is 7.70. The third-order valence-electron chi connectivity index (χ3n) is 6.03. The second-order valence-electron chi connectivity index (χ2n) is 8.85. The van der Waals surface area contributed by atoms with Crippen molar-refractivity contribution in [3.63, 3.8) is 0 Å². The van der Waals surface area contributed by atoms with Gasteiger partial charge < -0.3 is 15.3 Å². The number of aryl methyl sites for hydroxylation is 1. The van der Waals surface area contributed by atoms with E-state index in [-0.39, 0.29) is 0 Å². The summed E-state index contributed by atoms with van der Waals surface area (Å²) >= 11 is 0. The molecule has 0 radical (unpaired) electrons. The Labute approximate surface area is 168 Å². The average Bonchev–Trinajstić information content (AvgIpc) is 2.67. The zero-order chi connectivity index (χ0) is 19.7. The Hall–Kier alpha value is -2.14. The van der Waals surface area contributed by atoms with Crippen molar-refractivity contribution in [1.29, 1.82) is 0 Å². The van der Waals surface area contributed by atoms with Crippen LogP contribution in [-0.4, -0.2) is 27.7 Å². The van der Waals surface area contributed by atoms with E-state index in [2.05, 4.69) is 33.4 Å². The monoisotopic (exact) mass is 380 g/mol. The van der Waals surface area contributed by atoms with Gasteiger partial charge in [0.2, 0.25) is 0 Å². The summed E-state index contributed by atoms with van der Waals surface area (Å²) in [5.74, 6) is 2.78. The second-order valence-corrected chi connectivity index (χ2v) is 8.85. The van der Waals surface area contributed by atoms with Crippen LogP contribution < -0.4 is 10.2 Å². The van der Waals surface area contributed by atoms with Crippen molar-refractivity contribution >= 4 is 11.6 Å². The van der Waals surface area contributed by atoms with Crippen molar-refractivity contribution < 1.29 is 5.11 Å². The smallest absolute Gasteiger partial charge is 0.134 e. The van der Waals surface area contributed by atoms with Crippen molar-refractivity contribution in [2.45, 2.75) is 77.5 Å². The van der Waals surface area contributed by atoms with E-state index in [0.717, 1.165) is 42.5 Å². The molecule has 1 aromatic carbocycles. The van der Waals surface area contributed by atoms with Crippen LogP contribution in [0.2, 0.25) is 0 Å². The minimum atomic E-state index is -0.796. The zero-order valence-corrected chi connectivity index (χ0v) is 17.3. The Kier molecular flexibility index (Phi) is 5.28. The number of anilines is 2. The minimum absolute atomic E-state index is 0.540. The zero-order valence-electron chi connectivity index (χ0n) is 17.3. The summed E-state index contributed by atoms with van der Waals surface area (Å²) in [6, 6.07) is 9.01. The van der Waals surface area contributed by atoms with Crippen LogP contribution in [0.25, 0.3) is 0 Å². The van der Waals surface area contributed by atoms with Crippen molar-refractivity contribution in [2.24, 2.45) is 0 Å². The fourth-order valence-corrected chi connectivity index (χ4v) is 4.37. The lowest BCUT2D eigenvalue weighted by atomic mass is 9.91. The third-order valence-corrected chi connectivity index (χ3v) is 6.03. The SMILES string of the molecule is Cc1nc(NC2CCCCC2)cc(N2CCc3cc(C(C)(C)O)ccc3C2)n1. The van der Waals surface area contributed by atoms with Gasteiger partial charge in [0, 0.05) is 25.2 Å². The maximum Gasteiger partial charge on any atom is 0.134 e. The highest BCUT2D eigenvalue weighted by atomic mass is 16.3. The fraction of sp³-hybridized carbons (Fsp3) is 0.565. The highest BCUT2D eigenvalue weighted by Gasteiger charge is 2.23. The molecule has 0 atom stereocenters. The van der Waals surface area contributed by atoms with E-state index in [9.17, 15) is 5.11 Å². The van der Waals surface area contributed by atoms with Gasteiger partial charge in [0.1, 0.15) is 17.5 Å². The Morgan fingerprint density at radius 1 is 1.07 bits per heavy atom. The van der Waals surface area contributed by atoms with Crippen LogP contribution in [-0.2, 0) is 18.6 Å². The largest absolute Gasteiger partial charge is 0.386 e. The van der Waals surface area contributed by atoms with Gasteiger partial charge in [-0.2, -0.15) is 0 Å². The number of aromatic nitrogens is 2. The first kappa shape index (κ1) is 19.2. The fourth-order valence-electron chi connectivity index (χ4n) is 4.37. The lowest BCUT2D eigenvalue weighted by Crippen LogP contribution is -2.32. The molecule has 5 heteroatoms. The van der Waals surface area contributed by atoms with Gasteiger partial charge in [-0.05, 0) is 56.7 Å². The molecule has 2 heterocycles. The summed E-state index contributed by atoms with van der Waals surface area (Å²) in [6.07, 6.45) is 7.41. The molecular formula is C23H32N4O. The van der Waals surface area contributed by atoms with E-state index in [1.54, 1.807) is 0 Å². The molecule has 28 heavy (non-hydrogen) atoms. The highest BCUT2D eigenvalue weighted by molar-refractivity contribution is 5.52. The molecule has 1 aliphatic heterocycles. The molecule has 1 aromatic heterocycles. The summed E-state index contributed by atoms with van der Waals surface area (Å²) in [4.78, 5) is 11.7. The quantitative estimate of drug-likeness (QED) is 0.827. The van der Waals surface area contributed by atoms with Gasteiger partial charge >= 0.3 is 0 Å². The van der Waals surface area contributed by atoms with Crippen LogP contribution in [0.4, 0.5) is 11.6 Å². The molecule has 1 saturated carbocycles. The number of hydrogen-bond donors (Lipinski definition) is 2. The molecule has 2 aliphatic rings. The molecule has 2 N–H and O–H groups in total. The molecular weight excluding hydrogens is 348 g/mol.